The van der Waals surface area contributed by atoms with Crippen molar-refractivity contribution in [3.8, 4) is 0 Å². The summed E-state index contributed by atoms with van der Waals surface area (Å²) in [7, 11) is 1.15. The molecule has 0 radical (unpaired) electrons. The van der Waals surface area contributed by atoms with E-state index in [1.54, 1.807) is 0 Å². The van der Waals surface area contributed by atoms with E-state index < -0.39 is 17.7 Å². The zero-order valence-electron chi connectivity index (χ0n) is 13.7. The SMILES string of the molecule is COC(=O)c1cc(CC2=CCC3=C[C@@H](N)CC3=C2)cc(C(F)(F)F)c1. The molecule has 3 rings (SSSR count). The molecule has 132 valence electrons. The van der Waals surface area contributed by atoms with Gasteiger partial charge < -0.3 is 10.5 Å². The number of carbonyl (C=O) groups is 1. The topological polar surface area (TPSA) is 52.3 Å². The summed E-state index contributed by atoms with van der Waals surface area (Å²) in [5.74, 6) is -0.782. The molecule has 3 nitrogen and oxygen atoms in total. The number of carbonyl (C=O) groups excluding carboxylic acids is 1. The molecule has 0 saturated carbocycles. The summed E-state index contributed by atoms with van der Waals surface area (Å²) in [5.41, 5.74) is 8.65. The molecule has 2 N–H and O–H groups in total. The summed E-state index contributed by atoms with van der Waals surface area (Å²) in [5, 5.41) is 0. The Hall–Kier alpha value is -2.34. The van der Waals surface area contributed by atoms with Gasteiger partial charge in [0.2, 0.25) is 0 Å². The van der Waals surface area contributed by atoms with E-state index in [0.717, 1.165) is 43.2 Å². The Morgan fingerprint density at radius 3 is 2.72 bits per heavy atom. The normalized spacial score (nSPS) is 19.7. The second-order valence-corrected chi connectivity index (χ2v) is 6.30. The van der Waals surface area contributed by atoms with Crippen LogP contribution in [0.1, 0.15) is 34.3 Å². The molecule has 0 heterocycles. The molecule has 2 aliphatic rings. The van der Waals surface area contributed by atoms with Gasteiger partial charge in [0.05, 0.1) is 18.2 Å². The minimum Gasteiger partial charge on any atom is -0.465 e. The molecule has 6 heteroatoms. The van der Waals surface area contributed by atoms with Crippen LogP contribution in [0.2, 0.25) is 0 Å². The Kier molecular flexibility index (Phi) is 4.56. The lowest BCUT2D eigenvalue weighted by atomic mass is 9.91. The summed E-state index contributed by atoms with van der Waals surface area (Å²) < 4.78 is 43.9. The zero-order valence-corrected chi connectivity index (χ0v) is 13.7. The van der Waals surface area contributed by atoms with Gasteiger partial charge in [-0.1, -0.05) is 18.2 Å². The monoisotopic (exact) mass is 349 g/mol. The van der Waals surface area contributed by atoms with E-state index in [1.807, 2.05) is 18.2 Å². The number of halogens is 3. The summed E-state index contributed by atoms with van der Waals surface area (Å²) in [4.78, 5) is 11.7. The lowest BCUT2D eigenvalue weighted by Gasteiger charge is -2.15. The van der Waals surface area contributed by atoms with Crippen LogP contribution in [0.3, 0.4) is 0 Å². The highest BCUT2D eigenvalue weighted by atomic mass is 19.4. The minimum absolute atomic E-state index is 0.00786. The predicted molar refractivity (Wildman–Crippen MR) is 87.9 cm³/mol. The Labute approximate surface area is 143 Å². The van der Waals surface area contributed by atoms with Gasteiger partial charge in [-0.3, -0.25) is 0 Å². The third kappa shape index (κ3) is 3.85. The molecule has 0 aromatic heterocycles. The Balaban J connectivity index is 1.90. The van der Waals surface area contributed by atoms with Gasteiger partial charge in [-0.2, -0.15) is 13.2 Å². The molecule has 1 aromatic rings. The van der Waals surface area contributed by atoms with Gasteiger partial charge in [0.1, 0.15) is 0 Å². The first-order chi connectivity index (χ1) is 11.8. The maximum Gasteiger partial charge on any atom is 0.416 e. The number of alkyl halides is 3. The maximum atomic E-state index is 13.1. The van der Waals surface area contributed by atoms with Crippen LogP contribution >= 0.6 is 0 Å². The van der Waals surface area contributed by atoms with Gasteiger partial charge in [-0.15, -0.1) is 0 Å². The van der Waals surface area contributed by atoms with Crippen molar-refractivity contribution in [3.05, 3.63) is 69.8 Å². The highest BCUT2D eigenvalue weighted by Crippen LogP contribution is 2.35. The van der Waals surface area contributed by atoms with E-state index in [4.69, 9.17) is 5.73 Å². The van der Waals surface area contributed by atoms with Crippen molar-refractivity contribution in [2.24, 2.45) is 5.73 Å². The molecule has 1 atom stereocenters. The highest BCUT2D eigenvalue weighted by Gasteiger charge is 2.32. The van der Waals surface area contributed by atoms with Crippen LogP contribution in [0.25, 0.3) is 0 Å². The van der Waals surface area contributed by atoms with Crippen LogP contribution in [0.5, 0.6) is 0 Å². The maximum absolute atomic E-state index is 13.1. The van der Waals surface area contributed by atoms with Crippen molar-refractivity contribution in [2.45, 2.75) is 31.5 Å². The van der Waals surface area contributed by atoms with Crippen molar-refractivity contribution >= 4 is 5.97 Å². The fraction of sp³-hybridized carbons (Fsp3) is 0.316. The molecule has 0 aliphatic heterocycles. The first-order valence-corrected chi connectivity index (χ1v) is 7.92. The number of hydrogen-bond donors (Lipinski definition) is 1. The van der Waals surface area contributed by atoms with Gasteiger partial charge in [-0.25, -0.2) is 4.79 Å². The van der Waals surface area contributed by atoms with Crippen molar-refractivity contribution < 1.29 is 22.7 Å². The second kappa shape index (κ2) is 6.52. The summed E-state index contributed by atoms with van der Waals surface area (Å²) >= 11 is 0. The Morgan fingerprint density at radius 1 is 1.28 bits per heavy atom. The van der Waals surface area contributed by atoms with Crippen molar-refractivity contribution in [2.75, 3.05) is 7.11 Å². The zero-order chi connectivity index (χ0) is 18.2. The van der Waals surface area contributed by atoms with E-state index in [-0.39, 0.29) is 11.6 Å². The second-order valence-electron chi connectivity index (χ2n) is 6.30. The molecule has 1 aromatic carbocycles. The first-order valence-electron chi connectivity index (χ1n) is 7.92. The van der Waals surface area contributed by atoms with Gasteiger partial charge in [0, 0.05) is 6.04 Å². The van der Waals surface area contributed by atoms with Gasteiger partial charge in [0.25, 0.3) is 0 Å². The van der Waals surface area contributed by atoms with E-state index in [2.05, 4.69) is 4.74 Å². The van der Waals surface area contributed by atoms with E-state index in [1.165, 1.54) is 11.6 Å². The fourth-order valence-corrected chi connectivity index (χ4v) is 3.24. The number of fused-ring (bicyclic) bond motifs is 1. The number of ether oxygens (including phenoxy) is 1. The van der Waals surface area contributed by atoms with Crippen LogP contribution in [0.4, 0.5) is 13.2 Å². The molecule has 0 spiro atoms. The highest BCUT2D eigenvalue weighted by molar-refractivity contribution is 5.89. The average molecular weight is 349 g/mol. The van der Waals surface area contributed by atoms with E-state index >= 15 is 0 Å². The molecule has 0 amide bonds. The molecule has 0 saturated heterocycles. The Morgan fingerprint density at radius 2 is 2.04 bits per heavy atom. The smallest absolute Gasteiger partial charge is 0.416 e. The molecule has 2 aliphatic carbocycles. The summed E-state index contributed by atoms with van der Waals surface area (Å²) in [6.45, 7) is 0. The average Bonchev–Trinajstić information content (AvgIpc) is 2.92. The third-order valence-corrected chi connectivity index (χ3v) is 4.38. The van der Waals surface area contributed by atoms with Gasteiger partial charge in [-0.05, 0) is 59.7 Å². The van der Waals surface area contributed by atoms with Crippen molar-refractivity contribution in [1.82, 2.24) is 0 Å². The number of hydrogen-bond acceptors (Lipinski definition) is 3. The van der Waals surface area contributed by atoms with Crippen LogP contribution in [-0.4, -0.2) is 19.1 Å². The van der Waals surface area contributed by atoms with Gasteiger partial charge in [0.15, 0.2) is 0 Å². The Bertz CT molecular complexity index is 803. The molecule has 0 fully saturated rings. The van der Waals surface area contributed by atoms with Crippen molar-refractivity contribution in [3.63, 3.8) is 0 Å². The molecular formula is C19H18F3NO2. The molecular weight excluding hydrogens is 331 g/mol. The number of nitrogens with two attached hydrogens (primary N) is 1. The van der Waals surface area contributed by atoms with Gasteiger partial charge >= 0.3 is 12.1 Å². The lowest BCUT2D eigenvalue weighted by Crippen LogP contribution is -2.12. The van der Waals surface area contributed by atoms with E-state index in [9.17, 15) is 18.0 Å². The predicted octanol–water partition coefficient (Wildman–Crippen LogP) is 3.95. The standard InChI is InChI=1S/C19H18F3NO2/c1-25-18(24)15-6-12(7-16(8-15)19(20,21)22)4-11-2-3-13-9-17(23)10-14(13)5-11/h2,5-9,17H,3-4,10,23H2,1H3/t17-/m1/s1. The third-order valence-electron chi connectivity index (χ3n) is 4.38. The number of methoxy groups -OCH3 is 1. The molecule has 0 bridgehead atoms. The number of benzene rings is 1. The van der Waals surface area contributed by atoms with Crippen LogP contribution in [0.15, 0.2) is 53.1 Å². The minimum atomic E-state index is -4.52. The quantitative estimate of drug-likeness (QED) is 0.841. The van der Waals surface area contributed by atoms with Crippen LogP contribution < -0.4 is 5.73 Å². The first kappa shape index (κ1) is 17.5. The summed E-state index contributed by atoms with van der Waals surface area (Å²) in [6.07, 6.45) is 3.29. The molecule has 25 heavy (non-hydrogen) atoms. The van der Waals surface area contributed by atoms with Crippen LogP contribution in [-0.2, 0) is 17.3 Å². The van der Waals surface area contributed by atoms with Crippen LogP contribution in [0, 0.1) is 0 Å². The lowest BCUT2D eigenvalue weighted by molar-refractivity contribution is -0.137. The summed E-state index contributed by atoms with van der Waals surface area (Å²) in [6, 6.07) is 3.36. The number of esters is 1. The number of rotatable bonds is 3. The van der Waals surface area contributed by atoms with Crippen molar-refractivity contribution in [1.29, 1.82) is 0 Å². The molecule has 0 unspecified atom stereocenters. The number of allylic oxidation sites excluding steroid dienone is 4. The largest absolute Gasteiger partial charge is 0.465 e. The fourth-order valence-electron chi connectivity index (χ4n) is 3.24. The van der Waals surface area contributed by atoms with E-state index in [0.29, 0.717) is 12.0 Å².